The van der Waals surface area contributed by atoms with Gasteiger partial charge in [0.2, 0.25) is 11.7 Å². The van der Waals surface area contributed by atoms with Crippen LogP contribution >= 0.6 is 0 Å². The van der Waals surface area contributed by atoms with Crippen LogP contribution in [0.3, 0.4) is 0 Å². The van der Waals surface area contributed by atoms with Crippen molar-refractivity contribution in [3.05, 3.63) is 109 Å². The second kappa shape index (κ2) is 8.50. The van der Waals surface area contributed by atoms with Crippen LogP contribution in [0.4, 0.5) is 11.4 Å². The van der Waals surface area contributed by atoms with Gasteiger partial charge in [0, 0.05) is 22.0 Å². The molecule has 2 N–H and O–H groups in total. The summed E-state index contributed by atoms with van der Waals surface area (Å²) < 4.78 is 11.6. The van der Waals surface area contributed by atoms with Crippen LogP contribution in [0.25, 0.3) is 32.7 Å². The third-order valence-electron chi connectivity index (χ3n) is 5.99. The zero-order valence-corrected chi connectivity index (χ0v) is 18.6. The number of nitrogens with one attached hydrogen (secondary N) is 2. The summed E-state index contributed by atoms with van der Waals surface area (Å²) in [4.78, 5) is 26.3. The fraction of sp³-hybridized carbons (Fsp3) is 0.0345. The topological polar surface area (TPSA) is 84.5 Å². The third kappa shape index (κ3) is 3.81. The minimum atomic E-state index is -0.442. The van der Waals surface area contributed by atoms with Crippen molar-refractivity contribution in [1.29, 1.82) is 0 Å². The number of amides is 2. The molecule has 6 heteroatoms. The van der Waals surface area contributed by atoms with Gasteiger partial charge in [0.15, 0.2) is 0 Å². The van der Waals surface area contributed by atoms with Gasteiger partial charge in [-0.3, -0.25) is 9.59 Å². The van der Waals surface area contributed by atoms with Crippen molar-refractivity contribution in [3.8, 4) is 0 Å². The van der Waals surface area contributed by atoms with Crippen molar-refractivity contribution < 1.29 is 18.4 Å². The fourth-order valence-electron chi connectivity index (χ4n) is 4.40. The molecule has 6 aromatic rings. The number of hydrogen-bond donors (Lipinski definition) is 2. The van der Waals surface area contributed by atoms with Gasteiger partial charge in [0.25, 0.3) is 5.91 Å². The first-order valence-electron chi connectivity index (χ1n) is 11.2. The van der Waals surface area contributed by atoms with Gasteiger partial charge >= 0.3 is 0 Å². The van der Waals surface area contributed by atoms with Gasteiger partial charge in [-0.2, -0.15) is 0 Å². The smallest absolute Gasteiger partial charge is 0.293 e. The van der Waals surface area contributed by atoms with Crippen molar-refractivity contribution in [1.82, 2.24) is 0 Å². The Balaban J connectivity index is 1.33. The third-order valence-corrected chi connectivity index (χ3v) is 5.99. The number of carbonyl (C=O) groups is 2. The van der Waals surface area contributed by atoms with Crippen molar-refractivity contribution >= 4 is 55.9 Å². The van der Waals surface area contributed by atoms with Crippen molar-refractivity contribution in [3.63, 3.8) is 0 Å². The van der Waals surface area contributed by atoms with E-state index in [0.717, 1.165) is 27.3 Å². The van der Waals surface area contributed by atoms with Gasteiger partial charge in [-0.05, 0) is 41.1 Å². The summed E-state index contributed by atoms with van der Waals surface area (Å²) in [5.41, 5.74) is 2.99. The number of anilines is 2. The van der Waals surface area contributed by atoms with Crippen molar-refractivity contribution in [2.45, 2.75) is 6.42 Å². The maximum Gasteiger partial charge on any atom is 0.293 e. The van der Waals surface area contributed by atoms with E-state index in [1.165, 1.54) is 0 Å². The maximum absolute atomic E-state index is 13.2. The predicted octanol–water partition coefficient (Wildman–Crippen LogP) is 6.77. The minimum Gasteiger partial charge on any atom is -0.464 e. The van der Waals surface area contributed by atoms with Crippen molar-refractivity contribution in [2.75, 3.05) is 10.6 Å². The zero-order chi connectivity index (χ0) is 23.8. The molecule has 2 heterocycles. The summed E-state index contributed by atoms with van der Waals surface area (Å²) in [5.74, 6) is -0.672. The lowest BCUT2D eigenvalue weighted by atomic mass is 10.0. The lowest BCUT2D eigenvalue weighted by Gasteiger charge is -2.07. The summed E-state index contributed by atoms with van der Waals surface area (Å²) in [7, 11) is 0. The SMILES string of the molecule is O=C(Cc1coc2ccc3ccccc3c12)Nc1c(C(=O)Nc2ccccc2)oc2ccccc12. The van der Waals surface area contributed by atoms with Gasteiger partial charge in [-0.25, -0.2) is 0 Å². The van der Waals surface area contributed by atoms with Crippen LogP contribution in [0, 0.1) is 0 Å². The van der Waals surface area contributed by atoms with E-state index >= 15 is 0 Å². The van der Waals surface area contributed by atoms with Crippen LogP contribution in [-0.2, 0) is 11.2 Å². The first kappa shape index (κ1) is 20.7. The first-order valence-corrected chi connectivity index (χ1v) is 11.2. The van der Waals surface area contributed by atoms with Gasteiger partial charge in [-0.15, -0.1) is 0 Å². The molecule has 0 spiro atoms. The number of benzene rings is 4. The van der Waals surface area contributed by atoms with E-state index in [9.17, 15) is 9.59 Å². The molecular weight excluding hydrogens is 440 g/mol. The Hall–Kier alpha value is -4.84. The molecule has 0 aliphatic carbocycles. The molecule has 6 rings (SSSR count). The Morgan fingerprint density at radius 1 is 0.714 bits per heavy atom. The second-order valence-corrected chi connectivity index (χ2v) is 8.27. The Labute approximate surface area is 200 Å². The number of carbonyl (C=O) groups excluding carboxylic acids is 2. The molecule has 35 heavy (non-hydrogen) atoms. The molecule has 0 saturated carbocycles. The van der Waals surface area contributed by atoms with E-state index in [0.29, 0.717) is 22.3 Å². The van der Waals surface area contributed by atoms with Gasteiger partial charge in [-0.1, -0.05) is 60.7 Å². The average molecular weight is 460 g/mol. The van der Waals surface area contributed by atoms with E-state index < -0.39 is 5.91 Å². The quantitative estimate of drug-likeness (QED) is 0.297. The summed E-state index contributed by atoms with van der Waals surface area (Å²) in [6.07, 6.45) is 1.70. The molecule has 0 fully saturated rings. The lowest BCUT2D eigenvalue weighted by Crippen LogP contribution is -2.18. The minimum absolute atomic E-state index is 0.0471. The molecule has 0 unspecified atom stereocenters. The largest absolute Gasteiger partial charge is 0.464 e. The highest BCUT2D eigenvalue weighted by atomic mass is 16.3. The molecular formula is C29H20N2O4. The summed E-state index contributed by atoms with van der Waals surface area (Å²) in [6, 6.07) is 28.2. The van der Waals surface area contributed by atoms with E-state index in [1.54, 1.807) is 24.5 Å². The first-order chi connectivity index (χ1) is 17.2. The summed E-state index contributed by atoms with van der Waals surface area (Å²) >= 11 is 0. The molecule has 6 nitrogen and oxygen atoms in total. The summed E-state index contributed by atoms with van der Waals surface area (Å²) in [6.45, 7) is 0. The highest BCUT2D eigenvalue weighted by Gasteiger charge is 2.23. The Morgan fingerprint density at radius 3 is 2.31 bits per heavy atom. The maximum atomic E-state index is 13.2. The number of rotatable bonds is 5. The number of fused-ring (bicyclic) bond motifs is 4. The molecule has 0 aliphatic heterocycles. The van der Waals surface area contributed by atoms with Crippen LogP contribution in [0.2, 0.25) is 0 Å². The van der Waals surface area contributed by atoms with Crippen LogP contribution in [-0.4, -0.2) is 11.8 Å². The standard InChI is InChI=1S/C29H20N2O4/c32-25(16-19-17-34-24-15-14-18-8-4-5-11-21(18)26(19)24)31-27-22-12-6-7-13-23(22)35-28(27)29(33)30-20-9-2-1-3-10-20/h1-15,17H,16H2,(H,30,33)(H,31,32). The van der Waals surface area contributed by atoms with Crippen LogP contribution < -0.4 is 10.6 Å². The van der Waals surface area contributed by atoms with E-state index in [4.69, 9.17) is 8.83 Å². The molecule has 0 saturated heterocycles. The molecule has 170 valence electrons. The molecule has 2 amide bonds. The van der Waals surface area contributed by atoms with Crippen LogP contribution in [0.5, 0.6) is 0 Å². The Morgan fingerprint density at radius 2 is 1.46 bits per heavy atom. The lowest BCUT2D eigenvalue weighted by molar-refractivity contribution is -0.115. The number of para-hydroxylation sites is 2. The molecule has 0 atom stereocenters. The highest BCUT2D eigenvalue weighted by Crippen LogP contribution is 2.33. The van der Waals surface area contributed by atoms with E-state index in [-0.39, 0.29) is 18.1 Å². The summed E-state index contributed by atoms with van der Waals surface area (Å²) in [5, 5.41) is 9.41. The highest BCUT2D eigenvalue weighted by molar-refractivity contribution is 6.15. The average Bonchev–Trinajstić information content (AvgIpc) is 3.46. The number of hydrogen-bond acceptors (Lipinski definition) is 4. The fourth-order valence-corrected chi connectivity index (χ4v) is 4.40. The Kier molecular flexibility index (Phi) is 5.04. The van der Waals surface area contributed by atoms with E-state index in [2.05, 4.69) is 10.6 Å². The van der Waals surface area contributed by atoms with Crippen LogP contribution in [0.1, 0.15) is 16.1 Å². The normalized spacial score (nSPS) is 11.2. The van der Waals surface area contributed by atoms with E-state index in [1.807, 2.05) is 72.8 Å². The predicted molar refractivity (Wildman–Crippen MR) is 137 cm³/mol. The molecule has 0 bridgehead atoms. The van der Waals surface area contributed by atoms with Gasteiger partial charge in [0.05, 0.1) is 12.7 Å². The molecule has 0 aliphatic rings. The van der Waals surface area contributed by atoms with Gasteiger partial charge < -0.3 is 19.5 Å². The second-order valence-electron chi connectivity index (χ2n) is 8.27. The van der Waals surface area contributed by atoms with Crippen LogP contribution in [0.15, 0.2) is 106 Å². The molecule has 4 aromatic carbocycles. The van der Waals surface area contributed by atoms with Gasteiger partial charge in [0.1, 0.15) is 16.9 Å². The molecule has 0 radical (unpaired) electrons. The monoisotopic (exact) mass is 460 g/mol. The Bertz CT molecular complexity index is 1710. The molecule has 2 aromatic heterocycles. The van der Waals surface area contributed by atoms with Crippen molar-refractivity contribution in [2.24, 2.45) is 0 Å². The number of furan rings is 2. The zero-order valence-electron chi connectivity index (χ0n) is 18.6.